The van der Waals surface area contributed by atoms with E-state index in [0.717, 1.165) is 5.82 Å². The first kappa shape index (κ1) is 11.9. The van der Waals surface area contributed by atoms with Crippen molar-refractivity contribution in [2.75, 3.05) is 0 Å². The van der Waals surface area contributed by atoms with Crippen molar-refractivity contribution in [3.05, 3.63) is 18.2 Å². The van der Waals surface area contributed by atoms with Gasteiger partial charge in [-0.1, -0.05) is 20.8 Å². The van der Waals surface area contributed by atoms with Crippen molar-refractivity contribution in [2.45, 2.75) is 26.2 Å². The maximum Gasteiger partial charge on any atom is 0.152 e. The summed E-state index contributed by atoms with van der Waals surface area (Å²) in [7, 11) is 0. The van der Waals surface area contributed by atoms with Gasteiger partial charge < -0.3 is 5.11 Å². The minimum atomic E-state index is -0.0479. The molecule has 1 radical (unpaired) electrons. The SMILES string of the molecule is CC(C)(C)c1ncc(O)cn1.[Na]. The van der Waals surface area contributed by atoms with Crippen molar-refractivity contribution in [1.29, 1.82) is 0 Å². The molecule has 0 aliphatic carbocycles. The molecule has 0 atom stereocenters. The van der Waals surface area contributed by atoms with Crippen molar-refractivity contribution in [2.24, 2.45) is 0 Å². The molecule has 0 bridgehead atoms. The number of rotatable bonds is 0. The van der Waals surface area contributed by atoms with Gasteiger partial charge in [0.2, 0.25) is 0 Å². The van der Waals surface area contributed by atoms with E-state index in [4.69, 9.17) is 5.11 Å². The Balaban J connectivity index is 0.00000121. The predicted octanol–water partition coefficient (Wildman–Crippen LogP) is 1.10. The Bertz CT molecular complexity index is 240. The summed E-state index contributed by atoms with van der Waals surface area (Å²) in [6.07, 6.45) is 2.82. The predicted molar refractivity (Wildman–Crippen MR) is 48.2 cm³/mol. The molecular weight excluding hydrogens is 163 g/mol. The molecular formula is C8H12N2NaO. The average molecular weight is 175 g/mol. The van der Waals surface area contributed by atoms with Gasteiger partial charge in [0.1, 0.15) is 5.82 Å². The number of nitrogens with zero attached hydrogens (tertiary/aromatic N) is 2. The Labute approximate surface area is 94.5 Å². The van der Waals surface area contributed by atoms with Crippen molar-refractivity contribution < 1.29 is 5.11 Å². The van der Waals surface area contributed by atoms with Crippen molar-refractivity contribution in [3.8, 4) is 5.75 Å². The van der Waals surface area contributed by atoms with E-state index in [1.807, 2.05) is 20.8 Å². The van der Waals surface area contributed by atoms with E-state index < -0.39 is 0 Å². The topological polar surface area (TPSA) is 46.0 Å². The van der Waals surface area contributed by atoms with E-state index in [1.54, 1.807) is 0 Å². The molecule has 1 aromatic rings. The number of aromatic hydroxyl groups is 1. The Morgan fingerprint density at radius 3 is 1.92 bits per heavy atom. The third-order valence-electron chi connectivity index (χ3n) is 1.31. The van der Waals surface area contributed by atoms with Crippen LogP contribution in [0.15, 0.2) is 12.4 Å². The Hall–Kier alpha value is -0.120. The standard InChI is InChI=1S/C8H12N2O.Na/c1-8(2,3)7-9-4-6(11)5-10-7;/h4-5,11H,1-3H3;. The second-order valence-corrected chi connectivity index (χ2v) is 3.51. The summed E-state index contributed by atoms with van der Waals surface area (Å²) >= 11 is 0. The minimum Gasteiger partial charge on any atom is -0.505 e. The van der Waals surface area contributed by atoms with Gasteiger partial charge in [-0.15, -0.1) is 0 Å². The van der Waals surface area contributed by atoms with E-state index in [1.165, 1.54) is 12.4 Å². The van der Waals surface area contributed by atoms with Gasteiger partial charge in [-0.05, 0) is 0 Å². The van der Waals surface area contributed by atoms with Crippen molar-refractivity contribution >= 4 is 29.6 Å². The minimum absolute atomic E-state index is 0. The molecule has 0 saturated carbocycles. The second kappa shape index (κ2) is 4.21. The van der Waals surface area contributed by atoms with Crippen molar-refractivity contribution in [3.63, 3.8) is 0 Å². The zero-order valence-corrected chi connectivity index (χ0v) is 10.00. The van der Waals surface area contributed by atoms with Crippen LogP contribution in [-0.2, 0) is 5.41 Å². The summed E-state index contributed by atoms with van der Waals surface area (Å²) in [5.74, 6) is 0.855. The fourth-order valence-electron chi connectivity index (χ4n) is 0.709. The van der Waals surface area contributed by atoms with Crippen LogP contribution < -0.4 is 0 Å². The van der Waals surface area contributed by atoms with Crippen LogP contribution in [-0.4, -0.2) is 44.6 Å². The van der Waals surface area contributed by atoms with Gasteiger partial charge in [0.15, 0.2) is 5.75 Å². The molecule has 4 heteroatoms. The van der Waals surface area contributed by atoms with Crippen LogP contribution in [0.3, 0.4) is 0 Å². The van der Waals surface area contributed by atoms with Crippen LogP contribution in [0.5, 0.6) is 5.75 Å². The summed E-state index contributed by atoms with van der Waals surface area (Å²) < 4.78 is 0. The molecule has 0 fully saturated rings. The van der Waals surface area contributed by atoms with Gasteiger partial charge >= 0.3 is 0 Å². The Morgan fingerprint density at radius 2 is 1.58 bits per heavy atom. The molecule has 0 aromatic carbocycles. The van der Waals surface area contributed by atoms with E-state index in [-0.39, 0.29) is 40.7 Å². The number of aromatic nitrogens is 2. The van der Waals surface area contributed by atoms with Gasteiger partial charge in [0.25, 0.3) is 0 Å². The van der Waals surface area contributed by atoms with E-state index in [0.29, 0.717) is 0 Å². The first-order chi connectivity index (χ1) is 5.00. The first-order valence-corrected chi connectivity index (χ1v) is 3.51. The van der Waals surface area contributed by atoms with Crippen LogP contribution in [0.4, 0.5) is 0 Å². The van der Waals surface area contributed by atoms with Gasteiger partial charge in [-0.25, -0.2) is 9.97 Å². The average Bonchev–Trinajstić information content (AvgIpc) is 1.86. The quantitative estimate of drug-likeness (QED) is 0.600. The molecule has 1 aromatic heterocycles. The van der Waals surface area contributed by atoms with Gasteiger partial charge in [0, 0.05) is 35.0 Å². The molecule has 3 nitrogen and oxygen atoms in total. The summed E-state index contributed by atoms with van der Waals surface area (Å²) in [4.78, 5) is 7.98. The smallest absolute Gasteiger partial charge is 0.152 e. The molecule has 61 valence electrons. The molecule has 1 N–H and O–H groups in total. The zero-order valence-electron chi connectivity index (χ0n) is 8.00. The van der Waals surface area contributed by atoms with Crippen LogP contribution in [0, 0.1) is 0 Å². The summed E-state index contributed by atoms with van der Waals surface area (Å²) in [6, 6.07) is 0. The largest absolute Gasteiger partial charge is 0.505 e. The van der Waals surface area contributed by atoms with Crippen LogP contribution in [0.1, 0.15) is 26.6 Å². The molecule has 1 heterocycles. The van der Waals surface area contributed by atoms with Crippen molar-refractivity contribution in [1.82, 2.24) is 9.97 Å². The molecule has 0 saturated heterocycles. The van der Waals surface area contributed by atoms with E-state index in [9.17, 15) is 0 Å². The molecule has 1 rings (SSSR count). The molecule has 0 aliphatic rings. The second-order valence-electron chi connectivity index (χ2n) is 3.51. The number of hydrogen-bond acceptors (Lipinski definition) is 3. The normalized spacial score (nSPS) is 10.6. The van der Waals surface area contributed by atoms with E-state index >= 15 is 0 Å². The van der Waals surface area contributed by atoms with Crippen LogP contribution >= 0.6 is 0 Å². The molecule has 12 heavy (non-hydrogen) atoms. The zero-order chi connectivity index (χ0) is 8.48. The monoisotopic (exact) mass is 175 g/mol. The fraction of sp³-hybridized carbons (Fsp3) is 0.500. The summed E-state index contributed by atoms with van der Waals surface area (Å²) in [5, 5.41) is 8.90. The Kier molecular flexibility index (Phi) is 4.17. The molecule has 0 spiro atoms. The van der Waals surface area contributed by atoms with Crippen LogP contribution in [0.25, 0.3) is 0 Å². The van der Waals surface area contributed by atoms with Gasteiger partial charge in [0.05, 0.1) is 12.4 Å². The summed E-state index contributed by atoms with van der Waals surface area (Å²) in [6.45, 7) is 6.08. The first-order valence-electron chi connectivity index (χ1n) is 3.51. The van der Waals surface area contributed by atoms with Crippen LogP contribution in [0.2, 0.25) is 0 Å². The number of hydrogen-bond donors (Lipinski definition) is 1. The third kappa shape index (κ3) is 3.09. The van der Waals surface area contributed by atoms with E-state index in [2.05, 4.69) is 9.97 Å². The fourth-order valence-corrected chi connectivity index (χ4v) is 0.709. The summed E-state index contributed by atoms with van der Waals surface area (Å²) in [5.41, 5.74) is -0.0479. The molecule has 0 amide bonds. The maximum absolute atomic E-state index is 8.90. The Morgan fingerprint density at radius 1 is 1.17 bits per heavy atom. The third-order valence-corrected chi connectivity index (χ3v) is 1.31. The maximum atomic E-state index is 8.90. The molecule has 0 unspecified atom stereocenters. The molecule has 0 aliphatic heterocycles. The van der Waals surface area contributed by atoms with Gasteiger partial charge in [-0.2, -0.15) is 0 Å². The van der Waals surface area contributed by atoms with Gasteiger partial charge in [-0.3, -0.25) is 0 Å².